The van der Waals surface area contributed by atoms with E-state index in [1.54, 1.807) is 13.8 Å². The molecule has 0 fully saturated rings. The molecule has 0 radical (unpaired) electrons. The predicted molar refractivity (Wildman–Crippen MR) is 81.4 cm³/mol. The molecule has 10 heteroatoms. The molecule has 0 bridgehead atoms. The summed E-state index contributed by atoms with van der Waals surface area (Å²) in [6.07, 6.45) is 0. The number of thiophene rings is 1. The fourth-order valence-corrected chi connectivity index (χ4v) is 4.66. The van der Waals surface area contributed by atoms with Crippen molar-refractivity contribution in [2.75, 3.05) is 38.7 Å². The first-order valence-electron chi connectivity index (χ1n) is 6.39. The van der Waals surface area contributed by atoms with Crippen molar-refractivity contribution in [3.05, 3.63) is 16.2 Å². The number of sulfonamides is 1. The maximum atomic E-state index is 12.5. The van der Waals surface area contributed by atoms with Crippen LogP contribution in [0.1, 0.15) is 13.8 Å². The number of hydrogen-bond donors (Lipinski definition) is 1. The number of nitrogens with one attached hydrogen (secondary N) is 1. The number of rotatable bonds is 9. The Hall–Kier alpha value is -1.23. The summed E-state index contributed by atoms with van der Waals surface area (Å²) in [5.74, 6) is 0. The van der Waals surface area contributed by atoms with Crippen LogP contribution in [0.2, 0.25) is 0 Å². The van der Waals surface area contributed by atoms with E-state index in [-0.39, 0.29) is 34.6 Å². The molecule has 0 amide bonds. The molecule has 1 rings (SSSR count). The van der Waals surface area contributed by atoms with Gasteiger partial charge in [0.2, 0.25) is 0 Å². The zero-order chi connectivity index (χ0) is 16.0. The number of hydrogen-bond acceptors (Lipinski definition) is 7. The summed E-state index contributed by atoms with van der Waals surface area (Å²) >= 11 is 0.873. The lowest BCUT2D eigenvalue weighted by Crippen LogP contribution is -2.33. The number of nitrogens with zero attached hydrogens (tertiary/aromatic N) is 2. The molecule has 0 aliphatic heterocycles. The third-order valence-electron chi connectivity index (χ3n) is 2.72. The fraction of sp³-hybridized carbons (Fsp3) is 0.636. The number of methoxy groups -OCH3 is 1. The molecular formula is C11H19N3O5S2. The van der Waals surface area contributed by atoms with E-state index < -0.39 is 14.9 Å². The number of likely N-dealkylation sites (N-methyl/N-ethyl adjacent to an activating group) is 1. The monoisotopic (exact) mass is 337 g/mol. The number of nitro groups is 1. The Morgan fingerprint density at radius 3 is 2.62 bits per heavy atom. The zero-order valence-electron chi connectivity index (χ0n) is 12.2. The fourth-order valence-electron chi connectivity index (χ4n) is 1.68. The molecule has 0 spiro atoms. The lowest BCUT2D eigenvalue weighted by Gasteiger charge is -2.18. The van der Waals surface area contributed by atoms with Gasteiger partial charge in [-0.2, -0.15) is 4.31 Å². The third kappa shape index (κ3) is 4.13. The van der Waals surface area contributed by atoms with Gasteiger partial charge in [-0.15, -0.1) is 0 Å². The Bertz CT molecular complexity index is 585. The normalized spacial score (nSPS) is 11.8. The lowest BCUT2D eigenvalue weighted by atomic mass is 10.5. The van der Waals surface area contributed by atoms with E-state index in [4.69, 9.17) is 4.74 Å². The minimum atomic E-state index is -3.75. The standard InChI is InChI=1S/C11H19N3O5S2/c1-4-12-11-9(14(15)16)8-10(20-11)21(17,18)13(5-2)6-7-19-3/h8,12H,4-7H2,1-3H3. The van der Waals surface area contributed by atoms with Crippen LogP contribution in [0.25, 0.3) is 0 Å². The van der Waals surface area contributed by atoms with E-state index >= 15 is 0 Å². The second-order valence-electron chi connectivity index (χ2n) is 4.06. The molecule has 0 saturated heterocycles. The highest BCUT2D eigenvalue weighted by Crippen LogP contribution is 2.38. The predicted octanol–water partition coefficient (Wildman–Crippen LogP) is 1.75. The molecule has 0 aromatic carbocycles. The maximum Gasteiger partial charge on any atom is 0.304 e. The SMILES string of the molecule is CCNc1sc(S(=O)(=O)N(CC)CCOC)cc1[N+](=O)[O-]. The van der Waals surface area contributed by atoms with Crippen molar-refractivity contribution in [1.29, 1.82) is 0 Å². The van der Waals surface area contributed by atoms with Crippen molar-refractivity contribution in [3.8, 4) is 0 Å². The van der Waals surface area contributed by atoms with Gasteiger partial charge in [-0.05, 0) is 6.92 Å². The summed E-state index contributed by atoms with van der Waals surface area (Å²) < 4.78 is 31.1. The van der Waals surface area contributed by atoms with Crippen LogP contribution in [0.3, 0.4) is 0 Å². The molecule has 21 heavy (non-hydrogen) atoms. The minimum absolute atomic E-state index is 0.0388. The summed E-state index contributed by atoms with van der Waals surface area (Å²) in [6.45, 7) is 4.71. The van der Waals surface area contributed by atoms with E-state index in [1.807, 2.05) is 0 Å². The second-order valence-corrected chi connectivity index (χ2v) is 7.27. The van der Waals surface area contributed by atoms with E-state index in [1.165, 1.54) is 11.4 Å². The van der Waals surface area contributed by atoms with Crippen LogP contribution in [0.5, 0.6) is 0 Å². The summed E-state index contributed by atoms with van der Waals surface area (Å²) in [7, 11) is -2.26. The molecule has 0 atom stereocenters. The first kappa shape index (κ1) is 17.8. The highest BCUT2D eigenvalue weighted by molar-refractivity contribution is 7.91. The van der Waals surface area contributed by atoms with Gasteiger partial charge in [-0.1, -0.05) is 18.3 Å². The topological polar surface area (TPSA) is 102 Å². The quantitative estimate of drug-likeness (QED) is 0.544. The Kier molecular flexibility index (Phi) is 6.52. The average molecular weight is 337 g/mol. The van der Waals surface area contributed by atoms with E-state index in [0.29, 0.717) is 6.54 Å². The first-order valence-corrected chi connectivity index (χ1v) is 8.65. The molecule has 0 aliphatic rings. The van der Waals surface area contributed by atoms with E-state index in [9.17, 15) is 18.5 Å². The van der Waals surface area contributed by atoms with Gasteiger partial charge in [-0.3, -0.25) is 10.1 Å². The van der Waals surface area contributed by atoms with Gasteiger partial charge in [0.25, 0.3) is 10.0 Å². The largest absolute Gasteiger partial charge is 0.383 e. The van der Waals surface area contributed by atoms with Crippen LogP contribution in [-0.2, 0) is 14.8 Å². The van der Waals surface area contributed by atoms with Gasteiger partial charge >= 0.3 is 5.69 Å². The van der Waals surface area contributed by atoms with E-state index in [0.717, 1.165) is 17.4 Å². The second kappa shape index (κ2) is 7.69. The Balaban J connectivity index is 3.18. The van der Waals surface area contributed by atoms with Gasteiger partial charge < -0.3 is 10.1 Å². The summed E-state index contributed by atoms with van der Waals surface area (Å²) in [5.41, 5.74) is -0.219. The molecule has 0 aliphatic carbocycles. The zero-order valence-corrected chi connectivity index (χ0v) is 13.8. The Morgan fingerprint density at radius 1 is 1.48 bits per heavy atom. The Labute approximate surface area is 127 Å². The first-order chi connectivity index (χ1) is 9.88. The van der Waals surface area contributed by atoms with Crippen molar-refractivity contribution in [3.63, 3.8) is 0 Å². The Morgan fingerprint density at radius 2 is 2.14 bits per heavy atom. The van der Waals surface area contributed by atoms with Gasteiger partial charge in [0.15, 0.2) is 5.00 Å². The number of anilines is 1. The molecule has 8 nitrogen and oxygen atoms in total. The molecule has 1 N–H and O–H groups in total. The van der Waals surface area contributed by atoms with Crippen LogP contribution in [0.4, 0.5) is 10.7 Å². The van der Waals surface area contributed by atoms with Crippen LogP contribution < -0.4 is 5.32 Å². The molecule has 1 aromatic heterocycles. The van der Waals surface area contributed by atoms with Crippen molar-refractivity contribution in [1.82, 2.24) is 4.31 Å². The lowest BCUT2D eigenvalue weighted by molar-refractivity contribution is -0.383. The molecule has 1 heterocycles. The van der Waals surface area contributed by atoms with Crippen molar-refractivity contribution in [2.24, 2.45) is 0 Å². The molecule has 1 aromatic rings. The highest BCUT2D eigenvalue weighted by atomic mass is 32.2. The van der Waals surface area contributed by atoms with Crippen molar-refractivity contribution >= 4 is 32.0 Å². The van der Waals surface area contributed by atoms with Crippen LogP contribution in [-0.4, -0.2) is 51.0 Å². The highest BCUT2D eigenvalue weighted by Gasteiger charge is 2.30. The number of ether oxygens (including phenoxy) is 1. The van der Waals surface area contributed by atoms with Gasteiger partial charge in [0.1, 0.15) is 4.21 Å². The summed E-state index contributed by atoms with van der Waals surface area (Å²) in [4.78, 5) is 10.4. The van der Waals surface area contributed by atoms with Gasteiger partial charge in [0, 0.05) is 32.8 Å². The van der Waals surface area contributed by atoms with Crippen molar-refractivity contribution in [2.45, 2.75) is 18.1 Å². The van der Waals surface area contributed by atoms with Crippen molar-refractivity contribution < 1.29 is 18.1 Å². The molecule has 0 unspecified atom stereocenters. The smallest absolute Gasteiger partial charge is 0.304 e. The average Bonchev–Trinajstić information content (AvgIpc) is 2.85. The maximum absolute atomic E-state index is 12.5. The summed E-state index contributed by atoms with van der Waals surface area (Å²) in [6, 6.07) is 1.10. The third-order valence-corrected chi connectivity index (χ3v) is 6.22. The van der Waals surface area contributed by atoms with Crippen LogP contribution in [0, 0.1) is 10.1 Å². The molecule has 0 saturated carbocycles. The van der Waals surface area contributed by atoms with Gasteiger partial charge in [-0.25, -0.2) is 8.42 Å². The van der Waals surface area contributed by atoms with E-state index in [2.05, 4.69) is 5.32 Å². The summed E-state index contributed by atoms with van der Waals surface area (Å²) in [5, 5.41) is 14.1. The van der Waals surface area contributed by atoms with Crippen LogP contribution in [0.15, 0.2) is 10.3 Å². The molecule has 120 valence electrons. The minimum Gasteiger partial charge on any atom is -0.383 e. The van der Waals surface area contributed by atoms with Gasteiger partial charge in [0.05, 0.1) is 11.5 Å². The molecular weight excluding hydrogens is 318 g/mol. The van der Waals surface area contributed by atoms with Crippen LogP contribution >= 0.6 is 11.3 Å².